The van der Waals surface area contributed by atoms with Gasteiger partial charge in [0.25, 0.3) is 0 Å². The van der Waals surface area contributed by atoms with Gasteiger partial charge in [0.15, 0.2) is 11.5 Å². The summed E-state index contributed by atoms with van der Waals surface area (Å²) >= 11 is 0. The maximum absolute atomic E-state index is 6.11. The third-order valence-corrected chi connectivity index (χ3v) is 5.18. The van der Waals surface area contributed by atoms with Crippen molar-refractivity contribution in [1.82, 2.24) is 29.5 Å². The number of pyridine rings is 1. The predicted octanol–water partition coefficient (Wildman–Crippen LogP) is 3.59. The normalized spacial score (nSPS) is 12.6. The number of anilines is 1. The molecule has 34 heavy (non-hydrogen) atoms. The third kappa shape index (κ3) is 5.78. The Balaban J connectivity index is 0.000000492. The summed E-state index contributed by atoms with van der Waals surface area (Å²) in [4.78, 5) is 16.0. The Labute approximate surface area is 201 Å². The summed E-state index contributed by atoms with van der Waals surface area (Å²) in [5.41, 5.74) is 14.9. The minimum Gasteiger partial charge on any atom is -0.494 e. The summed E-state index contributed by atoms with van der Waals surface area (Å²) in [5, 5.41) is 5.45. The molecule has 0 saturated carbocycles. The molecule has 182 valence electrons. The van der Waals surface area contributed by atoms with Crippen LogP contribution in [0.15, 0.2) is 36.5 Å². The van der Waals surface area contributed by atoms with Crippen molar-refractivity contribution in [2.75, 3.05) is 25.9 Å². The molecule has 0 spiro atoms. The Kier molecular flexibility index (Phi) is 9.12. The van der Waals surface area contributed by atoms with Crippen molar-refractivity contribution < 1.29 is 4.74 Å². The van der Waals surface area contributed by atoms with E-state index in [1.54, 1.807) is 11.6 Å². The van der Waals surface area contributed by atoms with E-state index in [1.807, 2.05) is 37.4 Å². The first-order chi connectivity index (χ1) is 16.6. The molecule has 4 heterocycles. The molecule has 9 nitrogen and oxygen atoms in total. The van der Waals surface area contributed by atoms with Crippen molar-refractivity contribution in [3.05, 3.63) is 53.6 Å². The molecule has 5 rings (SSSR count). The zero-order valence-corrected chi connectivity index (χ0v) is 20.7. The van der Waals surface area contributed by atoms with Crippen LogP contribution in [0.5, 0.6) is 5.75 Å². The molecule has 0 saturated heterocycles. The first-order valence-electron chi connectivity index (χ1n) is 11.9. The largest absolute Gasteiger partial charge is 0.494 e. The summed E-state index contributed by atoms with van der Waals surface area (Å²) in [6, 6.07) is 9.91. The number of fused-ring (bicyclic) bond motifs is 4. The van der Waals surface area contributed by atoms with Crippen LogP contribution in [-0.4, -0.2) is 49.7 Å². The summed E-state index contributed by atoms with van der Waals surface area (Å²) in [7, 11) is 1.62. The second-order valence-corrected chi connectivity index (χ2v) is 8.13. The van der Waals surface area contributed by atoms with Crippen LogP contribution in [0.2, 0.25) is 0 Å². The van der Waals surface area contributed by atoms with Crippen LogP contribution in [-0.2, 0) is 19.5 Å². The minimum absolute atomic E-state index is 0.312. The van der Waals surface area contributed by atoms with Crippen molar-refractivity contribution in [3.8, 4) is 5.75 Å². The van der Waals surface area contributed by atoms with Gasteiger partial charge in [0.2, 0.25) is 5.95 Å². The molecule has 0 radical (unpaired) electrons. The lowest BCUT2D eigenvalue weighted by atomic mass is 10.2. The highest BCUT2D eigenvalue weighted by Gasteiger charge is 2.19. The van der Waals surface area contributed by atoms with Crippen LogP contribution in [0.1, 0.15) is 50.7 Å². The van der Waals surface area contributed by atoms with Crippen LogP contribution >= 0.6 is 0 Å². The second kappa shape index (κ2) is 12.2. The number of hydrogen-bond acceptors (Lipinski definition) is 8. The molecule has 0 amide bonds. The van der Waals surface area contributed by atoms with Crippen LogP contribution in [0.3, 0.4) is 0 Å². The van der Waals surface area contributed by atoms with Gasteiger partial charge in [-0.25, -0.2) is 9.97 Å². The average Bonchev–Trinajstić information content (AvgIpc) is 3.44. The molecule has 9 heteroatoms. The molecule has 4 N–H and O–H groups in total. The Hall–Kier alpha value is -3.30. The molecule has 1 aromatic carbocycles. The number of para-hydroxylation sites is 1. The van der Waals surface area contributed by atoms with E-state index in [0.717, 1.165) is 50.2 Å². The maximum Gasteiger partial charge on any atom is 0.223 e. The molecule has 4 aromatic rings. The van der Waals surface area contributed by atoms with E-state index in [-0.39, 0.29) is 0 Å². The van der Waals surface area contributed by atoms with Gasteiger partial charge in [0.1, 0.15) is 11.3 Å². The molecule has 3 aromatic heterocycles. The quantitative estimate of drug-likeness (QED) is 0.460. The smallest absolute Gasteiger partial charge is 0.223 e. The van der Waals surface area contributed by atoms with E-state index in [0.29, 0.717) is 22.9 Å². The van der Waals surface area contributed by atoms with E-state index in [2.05, 4.69) is 39.9 Å². The van der Waals surface area contributed by atoms with Crippen molar-refractivity contribution in [2.24, 2.45) is 5.73 Å². The van der Waals surface area contributed by atoms with Gasteiger partial charge in [-0.3, -0.25) is 9.88 Å². The first-order valence-corrected chi connectivity index (χ1v) is 11.9. The molecular formula is C25H36N8O. The van der Waals surface area contributed by atoms with Crippen LogP contribution < -0.4 is 16.2 Å². The molecule has 0 aliphatic carbocycles. The second-order valence-electron chi connectivity index (χ2n) is 8.13. The van der Waals surface area contributed by atoms with E-state index in [4.69, 9.17) is 21.2 Å². The standard InChI is InChI=1S/C20H21N7O.C3H8.C2H7N/c1-28-16-7-2-6-14-18(16)24-20(21)27-19(14)23-17(25-27)8-4-10-26-11-13-5-3-9-22-15(13)12-26;1-3-2;1-2-3/h2-3,5-7,9H,4,8,10-12H2,1H3,(H2,21,24);3H2,1-2H3;2-3H2,1H3. The average molecular weight is 465 g/mol. The fourth-order valence-electron chi connectivity index (χ4n) is 3.82. The zero-order valence-electron chi connectivity index (χ0n) is 20.7. The lowest BCUT2D eigenvalue weighted by Crippen LogP contribution is -2.18. The number of benzene rings is 1. The van der Waals surface area contributed by atoms with Gasteiger partial charge in [-0.05, 0) is 43.3 Å². The van der Waals surface area contributed by atoms with E-state index in [1.165, 1.54) is 17.7 Å². The Morgan fingerprint density at radius 3 is 2.53 bits per heavy atom. The number of methoxy groups -OCH3 is 1. The van der Waals surface area contributed by atoms with Crippen molar-refractivity contribution >= 4 is 22.5 Å². The van der Waals surface area contributed by atoms with Gasteiger partial charge in [0.05, 0.1) is 12.8 Å². The van der Waals surface area contributed by atoms with Gasteiger partial charge in [-0.2, -0.15) is 4.52 Å². The number of ether oxygens (including phenoxy) is 1. The highest BCUT2D eigenvalue weighted by Crippen LogP contribution is 2.27. The van der Waals surface area contributed by atoms with Crippen LogP contribution in [0.4, 0.5) is 5.95 Å². The molecule has 0 unspecified atom stereocenters. The fourth-order valence-corrected chi connectivity index (χ4v) is 3.82. The monoisotopic (exact) mass is 464 g/mol. The Morgan fingerprint density at radius 1 is 1.06 bits per heavy atom. The number of nitrogens with two attached hydrogens (primary N) is 2. The number of nitrogens with zero attached hydrogens (tertiary/aromatic N) is 6. The predicted molar refractivity (Wildman–Crippen MR) is 137 cm³/mol. The number of hydrogen-bond donors (Lipinski definition) is 2. The van der Waals surface area contributed by atoms with Gasteiger partial charge in [0, 0.05) is 31.1 Å². The van der Waals surface area contributed by atoms with E-state index >= 15 is 0 Å². The van der Waals surface area contributed by atoms with Gasteiger partial charge >= 0.3 is 0 Å². The first kappa shape index (κ1) is 25.3. The highest BCUT2D eigenvalue weighted by molar-refractivity contribution is 5.95. The van der Waals surface area contributed by atoms with Gasteiger partial charge < -0.3 is 16.2 Å². The zero-order chi connectivity index (χ0) is 24.5. The number of nitrogen functional groups attached to an aromatic ring is 1. The van der Waals surface area contributed by atoms with Crippen molar-refractivity contribution in [1.29, 1.82) is 0 Å². The Bertz CT molecular complexity index is 1180. The molecular weight excluding hydrogens is 428 g/mol. The molecule has 0 fully saturated rings. The van der Waals surface area contributed by atoms with E-state index in [9.17, 15) is 0 Å². The van der Waals surface area contributed by atoms with Crippen molar-refractivity contribution in [2.45, 2.75) is 53.1 Å². The maximum atomic E-state index is 6.11. The molecule has 1 aliphatic heterocycles. The summed E-state index contributed by atoms with van der Waals surface area (Å²) in [5.74, 6) is 1.77. The van der Waals surface area contributed by atoms with Crippen LogP contribution in [0, 0.1) is 0 Å². The van der Waals surface area contributed by atoms with Gasteiger partial charge in [-0.1, -0.05) is 39.3 Å². The molecule has 0 bridgehead atoms. The fraction of sp³-hybridized carbons (Fsp3) is 0.440. The SMILES string of the molecule is CCC.CCN.COc1cccc2c1nc(N)n1nc(CCCN3Cc4cccnc4C3)nc21. The lowest BCUT2D eigenvalue weighted by molar-refractivity contribution is 0.278. The molecule has 1 aliphatic rings. The number of aryl methyl sites for hydroxylation is 1. The number of aromatic nitrogens is 5. The topological polar surface area (TPSA) is 120 Å². The minimum atomic E-state index is 0.312. The van der Waals surface area contributed by atoms with Crippen LogP contribution in [0.25, 0.3) is 16.6 Å². The molecule has 0 atom stereocenters. The van der Waals surface area contributed by atoms with Crippen molar-refractivity contribution in [3.63, 3.8) is 0 Å². The summed E-state index contributed by atoms with van der Waals surface area (Å²) < 4.78 is 7.02. The summed E-state index contributed by atoms with van der Waals surface area (Å²) in [6.45, 7) is 9.76. The summed E-state index contributed by atoms with van der Waals surface area (Å²) in [6.07, 6.45) is 4.87. The lowest BCUT2D eigenvalue weighted by Gasteiger charge is -2.13. The Morgan fingerprint density at radius 2 is 1.82 bits per heavy atom. The third-order valence-electron chi connectivity index (χ3n) is 5.18. The van der Waals surface area contributed by atoms with E-state index < -0.39 is 0 Å². The number of rotatable bonds is 5. The van der Waals surface area contributed by atoms with Gasteiger partial charge in [-0.15, -0.1) is 5.10 Å². The highest BCUT2D eigenvalue weighted by atomic mass is 16.5.